The number of hydrogen-bond acceptors (Lipinski definition) is 4. The average Bonchev–Trinajstić information content (AvgIpc) is 3.01. The number of rotatable bonds is 5. The maximum atomic E-state index is 13.8. The summed E-state index contributed by atoms with van der Waals surface area (Å²) in [6.07, 6.45) is 2.79. The lowest BCUT2D eigenvalue weighted by molar-refractivity contribution is 0.625. The van der Waals surface area contributed by atoms with Gasteiger partial charge in [-0.3, -0.25) is 0 Å². The fraction of sp³-hybridized carbons (Fsp3) is 0.0625. The van der Waals surface area contributed by atoms with Gasteiger partial charge in [0.25, 0.3) is 0 Å². The van der Waals surface area contributed by atoms with Gasteiger partial charge in [0.2, 0.25) is 5.16 Å². The molecule has 0 bridgehead atoms. The molecule has 0 saturated carbocycles. The Labute approximate surface area is 152 Å². The van der Waals surface area contributed by atoms with Gasteiger partial charge in [-0.15, -0.1) is 10.2 Å². The summed E-state index contributed by atoms with van der Waals surface area (Å²) in [6, 6.07) is 12.0. The molecular weight excluding hydrogens is 370 g/mol. The highest BCUT2D eigenvalue weighted by atomic mass is 35.5. The van der Waals surface area contributed by atoms with Crippen molar-refractivity contribution in [1.29, 1.82) is 0 Å². The molecule has 0 fully saturated rings. The molecule has 0 aliphatic rings. The molecule has 122 valence electrons. The second-order valence-electron chi connectivity index (χ2n) is 4.72. The van der Waals surface area contributed by atoms with Gasteiger partial charge in [-0.25, -0.2) is 4.39 Å². The third-order valence-corrected chi connectivity index (χ3v) is 4.81. The normalized spacial score (nSPS) is 11.3. The summed E-state index contributed by atoms with van der Waals surface area (Å²) in [5.41, 5.74) is 1.20. The van der Waals surface area contributed by atoms with E-state index in [1.165, 1.54) is 35.0 Å². The first-order valence-corrected chi connectivity index (χ1v) is 8.64. The van der Waals surface area contributed by atoms with E-state index in [-0.39, 0.29) is 10.6 Å². The predicted octanol–water partition coefficient (Wildman–Crippen LogP) is 4.90. The smallest absolute Gasteiger partial charge is 0.206 e. The van der Waals surface area contributed by atoms with Crippen LogP contribution in [0.4, 0.5) is 4.39 Å². The Morgan fingerprint density at radius 2 is 1.92 bits per heavy atom. The van der Waals surface area contributed by atoms with Crippen molar-refractivity contribution in [3.05, 3.63) is 75.8 Å². The van der Waals surface area contributed by atoms with Crippen molar-refractivity contribution in [3.8, 4) is 0 Å². The molecule has 3 rings (SSSR count). The van der Waals surface area contributed by atoms with Crippen LogP contribution in [0.3, 0.4) is 0 Å². The molecule has 0 saturated heterocycles. The van der Waals surface area contributed by atoms with Gasteiger partial charge in [0.15, 0.2) is 0 Å². The van der Waals surface area contributed by atoms with E-state index in [0.29, 0.717) is 15.9 Å². The third-order valence-electron chi connectivity index (χ3n) is 3.13. The molecule has 0 aliphatic carbocycles. The standard InChI is InChI=1S/C16H11Cl2FN4S/c17-13-5-2-1-4-11(13)9-24-16-22-20-10-23(16)21-8-12-14(18)6-3-7-15(12)19/h1-8,10H,9H2. The summed E-state index contributed by atoms with van der Waals surface area (Å²) in [5.74, 6) is 0.179. The lowest BCUT2D eigenvalue weighted by Crippen LogP contribution is -1.95. The highest BCUT2D eigenvalue weighted by Gasteiger charge is 2.08. The van der Waals surface area contributed by atoms with Crippen molar-refractivity contribution in [3.63, 3.8) is 0 Å². The van der Waals surface area contributed by atoms with Gasteiger partial charge in [0, 0.05) is 16.3 Å². The van der Waals surface area contributed by atoms with Crippen molar-refractivity contribution in [2.75, 3.05) is 0 Å². The second-order valence-corrected chi connectivity index (χ2v) is 6.47. The lowest BCUT2D eigenvalue weighted by atomic mass is 10.2. The molecule has 4 nitrogen and oxygen atoms in total. The molecule has 1 heterocycles. The summed E-state index contributed by atoms with van der Waals surface area (Å²) in [7, 11) is 0. The number of aromatic nitrogens is 3. The van der Waals surface area contributed by atoms with Crippen LogP contribution in [0, 0.1) is 5.82 Å². The van der Waals surface area contributed by atoms with Gasteiger partial charge in [-0.05, 0) is 23.8 Å². The number of benzene rings is 2. The Kier molecular flexibility index (Phi) is 5.50. The molecular formula is C16H11Cl2FN4S. The fourth-order valence-corrected chi connectivity index (χ4v) is 3.27. The van der Waals surface area contributed by atoms with Crippen molar-refractivity contribution in [2.45, 2.75) is 10.9 Å². The van der Waals surface area contributed by atoms with Crippen LogP contribution in [-0.4, -0.2) is 21.1 Å². The molecule has 2 aromatic carbocycles. The molecule has 0 N–H and O–H groups in total. The minimum Gasteiger partial charge on any atom is -0.206 e. The van der Waals surface area contributed by atoms with E-state index in [1.54, 1.807) is 12.1 Å². The van der Waals surface area contributed by atoms with Crippen molar-refractivity contribution >= 4 is 41.2 Å². The molecule has 0 spiro atoms. The Morgan fingerprint density at radius 1 is 1.12 bits per heavy atom. The van der Waals surface area contributed by atoms with Gasteiger partial charge in [0.05, 0.1) is 11.2 Å². The van der Waals surface area contributed by atoms with Gasteiger partial charge in [-0.1, -0.05) is 59.2 Å². The number of hydrogen-bond donors (Lipinski definition) is 0. The third kappa shape index (κ3) is 3.95. The Morgan fingerprint density at radius 3 is 2.71 bits per heavy atom. The molecule has 0 atom stereocenters. The SMILES string of the molecule is Fc1cccc(Cl)c1C=Nn1cnnc1SCc1ccccc1Cl. The van der Waals surface area contributed by atoms with Crippen LogP contribution in [0.15, 0.2) is 59.0 Å². The molecule has 24 heavy (non-hydrogen) atoms. The zero-order valence-electron chi connectivity index (χ0n) is 12.2. The summed E-state index contributed by atoms with van der Waals surface area (Å²) < 4.78 is 15.2. The minimum absolute atomic E-state index is 0.218. The number of thioether (sulfide) groups is 1. The zero-order chi connectivity index (χ0) is 16.9. The maximum Gasteiger partial charge on any atom is 0.212 e. The molecule has 0 amide bonds. The van der Waals surface area contributed by atoms with Crippen LogP contribution in [0.1, 0.15) is 11.1 Å². The number of halogens is 3. The quantitative estimate of drug-likeness (QED) is 0.467. The van der Waals surface area contributed by atoms with E-state index in [9.17, 15) is 4.39 Å². The minimum atomic E-state index is -0.440. The first-order chi connectivity index (χ1) is 11.6. The van der Waals surface area contributed by atoms with Crippen LogP contribution >= 0.6 is 35.0 Å². The van der Waals surface area contributed by atoms with Gasteiger partial charge >= 0.3 is 0 Å². The Balaban J connectivity index is 1.76. The van der Waals surface area contributed by atoms with E-state index < -0.39 is 5.82 Å². The van der Waals surface area contributed by atoms with E-state index in [4.69, 9.17) is 23.2 Å². The summed E-state index contributed by atoms with van der Waals surface area (Å²) in [4.78, 5) is 0. The van der Waals surface area contributed by atoms with E-state index in [0.717, 1.165) is 5.56 Å². The highest BCUT2D eigenvalue weighted by molar-refractivity contribution is 7.98. The van der Waals surface area contributed by atoms with Crippen LogP contribution in [-0.2, 0) is 5.75 Å². The maximum absolute atomic E-state index is 13.8. The molecule has 3 aromatic rings. The zero-order valence-corrected chi connectivity index (χ0v) is 14.6. The summed E-state index contributed by atoms with van der Waals surface area (Å²) in [5, 5.41) is 13.6. The fourth-order valence-electron chi connectivity index (χ4n) is 1.91. The Hall–Kier alpha value is -1.89. The molecule has 8 heteroatoms. The highest BCUT2D eigenvalue weighted by Crippen LogP contribution is 2.25. The van der Waals surface area contributed by atoms with Crippen molar-refractivity contribution in [1.82, 2.24) is 14.9 Å². The van der Waals surface area contributed by atoms with Crippen LogP contribution < -0.4 is 0 Å². The van der Waals surface area contributed by atoms with Crippen LogP contribution in [0.25, 0.3) is 0 Å². The van der Waals surface area contributed by atoms with Crippen LogP contribution in [0.2, 0.25) is 10.0 Å². The molecule has 0 aliphatic heterocycles. The average molecular weight is 381 g/mol. The van der Waals surface area contributed by atoms with Crippen LogP contribution in [0.5, 0.6) is 0 Å². The number of nitrogens with zero attached hydrogens (tertiary/aromatic N) is 4. The van der Waals surface area contributed by atoms with Crippen molar-refractivity contribution in [2.24, 2.45) is 5.10 Å². The molecule has 0 unspecified atom stereocenters. The summed E-state index contributed by atoms with van der Waals surface area (Å²) in [6.45, 7) is 0. The predicted molar refractivity (Wildman–Crippen MR) is 95.4 cm³/mol. The van der Waals surface area contributed by atoms with Crippen molar-refractivity contribution < 1.29 is 4.39 Å². The lowest BCUT2D eigenvalue weighted by Gasteiger charge is -2.03. The van der Waals surface area contributed by atoms with Gasteiger partial charge in [-0.2, -0.15) is 9.78 Å². The topological polar surface area (TPSA) is 43.1 Å². The monoisotopic (exact) mass is 380 g/mol. The van der Waals surface area contributed by atoms with Gasteiger partial charge in [0.1, 0.15) is 12.1 Å². The Bertz CT molecular complexity index is 862. The van der Waals surface area contributed by atoms with E-state index in [1.807, 2.05) is 24.3 Å². The molecule has 0 radical (unpaired) electrons. The first-order valence-electron chi connectivity index (χ1n) is 6.90. The first kappa shape index (κ1) is 17.0. The largest absolute Gasteiger partial charge is 0.212 e. The molecule has 1 aromatic heterocycles. The van der Waals surface area contributed by atoms with Gasteiger partial charge < -0.3 is 0 Å². The second kappa shape index (κ2) is 7.79. The summed E-state index contributed by atoms with van der Waals surface area (Å²) >= 11 is 13.5. The van der Waals surface area contributed by atoms with E-state index >= 15 is 0 Å². The van der Waals surface area contributed by atoms with E-state index in [2.05, 4.69) is 15.3 Å².